The van der Waals surface area contributed by atoms with Gasteiger partial charge in [0.25, 0.3) is 5.91 Å². The molecule has 1 saturated heterocycles. The minimum Gasteiger partial charge on any atom is -0.338 e. The molecule has 0 spiro atoms. The zero-order chi connectivity index (χ0) is 28.4. The van der Waals surface area contributed by atoms with Crippen LogP contribution in [-0.4, -0.2) is 64.2 Å². The van der Waals surface area contributed by atoms with E-state index in [1.165, 1.54) is 0 Å². The molecular weight excluding hydrogens is 502 g/mol. The summed E-state index contributed by atoms with van der Waals surface area (Å²) in [5, 5.41) is 11.0. The first-order valence-corrected chi connectivity index (χ1v) is 14.1. The van der Waals surface area contributed by atoms with Crippen LogP contribution in [0.5, 0.6) is 0 Å². The number of hydrogen-bond acceptors (Lipinski definition) is 5. The maximum Gasteiger partial charge on any atom is 0.318 e. The summed E-state index contributed by atoms with van der Waals surface area (Å²) in [6.45, 7) is 13.1. The van der Waals surface area contributed by atoms with Crippen molar-refractivity contribution in [2.75, 3.05) is 42.9 Å². The Hall–Kier alpha value is -3.85. The van der Waals surface area contributed by atoms with Crippen molar-refractivity contribution in [1.82, 2.24) is 24.9 Å². The van der Waals surface area contributed by atoms with Gasteiger partial charge in [-0.15, -0.1) is 0 Å². The number of urea groups is 1. The monoisotopic (exact) mass is 543 g/mol. The van der Waals surface area contributed by atoms with E-state index in [1.54, 1.807) is 15.8 Å². The number of benzene rings is 2. The van der Waals surface area contributed by atoms with E-state index in [-0.39, 0.29) is 17.4 Å². The van der Waals surface area contributed by atoms with Crippen molar-refractivity contribution in [2.45, 2.75) is 46.7 Å². The van der Waals surface area contributed by atoms with E-state index in [0.29, 0.717) is 19.6 Å². The lowest BCUT2D eigenvalue weighted by Gasteiger charge is -2.37. The normalized spacial score (nSPS) is 16.4. The van der Waals surface area contributed by atoms with E-state index >= 15 is 0 Å². The molecule has 0 bridgehead atoms. The van der Waals surface area contributed by atoms with Gasteiger partial charge in [-0.3, -0.25) is 14.4 Å². The summed E-state index contributed by atoms with van der Waals surface area (Å²) in [6.07, 6.45) is 2.91. The number of aryl methyl sites for hydroxylation is 2. The molecule has 3 heterocycles. The molecule has 9 heteroatoms. The summed E-state index contributed by atoms with van der Waals surface area (Å²) in [4.78, 5) is 34.1. The standard InChI is InChI=1S/C31H41N7O2/c1-22-10-6-7-11-24(22)27(34-30(40)37-18-16-36(17-19-37)15-14-31(2,3)4)29(39)38-21-23-20-32-35(5)28(23)33-25-12-8-9-13-26(25)38/h6-13,20,27,33H,14-19,21H2,1-5H3,(H,34,40). The predicted molar refractivity (Wildman–Crippen MR) is 159 cm³/mol. The average Bonchev–Trinajstić information content (AvgIpc) is 3.18. The first-order valence-electron chi connectivity index (χ1n) is 14.1. The number of anilines is 3. The summed E-state index contributed by atoms with van der Waals surface area (Å²) in [5.41, 5.74) is 4.53. The van der Waals surface area contributed by atoms with E-state index in [2.05, 4.69) is 41.4 Å². The topological polar surface area (TPSA) is 85.7 Å². The Morgan fingerprint density at radius 2 is 1.73 bits per heavy atom. The molecule has 2 aliphatic rings. The number of amides is 3. The second-order valence-electron chi connectivity index (χ2n) is 12.1. The molecule has 2 aromatic carbocycles. The number of fused-ring (bicyclic) bond motifs is 2. The Morgan fingerprint density at radius 1 is 1.02 bits per heavy atom. The highest BCUT2D eigenvalue weighted by Gasteiger charge is 2.34. The fourth-order valence-corrected chi connectivity index (χ4v) is 5.38. The van der Waals surface area contributed by atoms with Gasteiger partial charge >= 0.3 is 6.03 Å². The Morgan fingerprint density at radius 3 is 2.45 bits per heavy atom. The first-order chi connectivity index (χ1) is 19.1. The highest BCUT2D eigenvalue weighted by atomic mass is 16.2. The van der Waals surface area contributed by atoms with Gasteiger partial charge in [0.05, 0.1) is 24.1 Å². The Kier molecular flexibility index (Phi) is 7.85. The zero-order valence-corrected chi connectivity index (χ0v) is 24.3. The highest BCUT2D eigenvalue weighted by Crippen LogP contribution is 2.37. The predicted octanol–water partition coefficient (Wildman–Crippen LogP) is 4.82. The number of aromatic nitrogens is 2. The van der Waals surface area contributed by atoms with Crippen molar-refractivity contribution in [1.29, 1.82) is 0 Å². The molecule has 5 rings (SSSR count). The molecule has 212 valence electrons. The maximum absolute atomic E-state index is 14.5. The molecule has 0 aliphatic carbocycles. The molecule has 3 amide bonds. The van der Waals surface area contributed by atoms with Gasteiger partial charge in [0.1, 0.15) is 11.9 Å². The summed E-state index contributed by atoms with van der Waals surface area (Å²) in [6, 6.07) is 14.5. The van der Waals surface area contributed by atoms with Gasteiger partial charge in [0.15, 0.2) is 0 Å². The SMILES string of the molecule is Cc1ccccc1C(NC(=O)N1CCN(CCC(C)(C)C)CC1)C(=O)N1Cc2cnn(C)c2Nc2ccccc21. The van der Waals surface area contributed by atoms with Crippen LogP contribution in [0.4, 0.5) is 22.0 Å². The molecule has 9 nitrogen and oxygen atoms in total. The number of piperazine rings is 1. The molecular formula is C31H41N7O2. The van der Waals surface area contributed by atoms with Gasteiger partial charge in [-0.05, 0) is 48.6 Å². The molecule has 2 N–H and O–H groups in total. The number of nitrogens with zero attached hydrogens (tertiary/aromatic N) is 5. The van der Waals surface area contributed by atoms with Gasteiger partial charge in [-0.25, -0.2) is 4.79 Å². The number of rotatable bonds is 5. The van der Waals surface area contributed by atoms with Crippen LogP contribution in [0.25, 0.3) is 0 Å². The van der Waals surface area contributed by atoms with Gasteiger partial charge in [0.2, 0.25) is 0 Å². The lowest BCUT2D eigenvalue weighted by molar-refractivity contribution is -0.120. The summed E-state index contributed by atoms with van der Waals surface area (Å²) in [7, 11) is 1.88. The van der Waals surface area contributed by atoms with Crippen LogP contribution < -0.4 is 15.5 Å². The van der Waals surface area contributed by atoms with Crippen molar-refractivity contribution in [2.24, 2.45) is 12.5 Å². The summed E-state index contributed by atoms with van der Waals surface area (Å²) >= 11 is 0. The van der Waals surface area contributed by atoms with Crippen LogP contribution in [0.3, 0.4) is 0 Å². The van der Waals surface area contributed by atoms with E-state index in [9.17, 15) is 9.59 Å². The van der Waals surface area contributed by atoms with Crippen molar-refractivity contribution >= 4 is 29.1 Å². The second-order valence-corrected chi connectivity index (χ2v) is 12.1. The average molecular weight is 544 g/mol. The van der Waals surface area contributed by atoms with Crippen LogP contribution in [0, 0.1) is 12.3 Å². The van der Waals surface area contributed by atoms with E-state index in [4.69, 9.17) is 0 Å². The minimum absolute atomic E-state index is 0.183. The third-order valence-corrected chi connectivity index (χ3v) is 7.91. The zero-order valence-electron chi connectivity index (χ0n) is 24.3. The Balaban J connectivity index is 1.39. The fraction of sp³-hybridized carbons (Fsp3) is 0.452. The molecule has 2 aliphatic heterocycles. The first kappa shape index (κ1) is 27.7. The van der Waals surface area contributed by atoms with E-state index < -0.39 is 6.04 Å². The van der Waals surface area contributed by atoms with E-state index in [0.717, 1.165) is 59.9 Å². The Bertz CT molecular complexity index is 1370. The van der Waals surface area contributed by atoms with Crippen molar-refractivity contribution in [3.05, 3.63) is 71.4 Å². The fourth-order valence-electron chi connectivity index (χ4n) is 5.38. The van der Waals surface area contributed by atoms with Gasteiger partial charge in [-0.1, -0.05) is 57.2 Å². The third-order valence-electron chi connectivity index (χ3n) is 7.91. The number of carbonyl (C=O) groups is 2. The maximum atomic E-state index is 14.5. The number of nitrogens with one attached hydrogen (secondary N) is 2. The van der Waals surface area contributed by atoms with Gasteiger partial charge < -0.3 is 20.4 Å². The van der Waals surface area contributed by atoms with Gasteiger partial charge in [-0.2, -0.15) is 5.10 Å². The Labute approximate surface area is 237 Å². The summed E-state index contributed by atoms with van der Waals surface area (Å²) in [5.74, 6) is 0.668. The minimum atomic E-state index is -0.834. The number of hydrogen-bond donors (Lipinski definition) is 2. The lowest BCUT2D eigenvalue weighted by Crippen LogP contribution is -2.54. The number of carbonyl (C=O) groups excluding carboxylic acids is 2. The molecule has 0 radical (unpaired) electrons. The lowest BCUT2D eigenvalue weighted by atomic mass is 9.92. The number of para-hydroxylation sites is 2. The molecule has 1 atom stereocenters. The van der Waals surface area contributed by atoms with Crippen molar-refractivity contribution in [3.63, 3.8) is 0 Å². The van der Waals surface area contributed by atoms with E-state index in [1.807, 2.05) is 67.4 Å². The molecule has 1 fully saturated rings. The highest BCUT2D eigenvalue weighted by molar-refractivity contribution is 6.03. The van der Waals surface area contributed by atoms with Crippen LogP contribution in [0.1, 0.15) is 49.9 Å². The molecule has 3 aromatic rings. The molecule has 1 aromatic heterocycles. The van der Waals surface area contributed by atoms with Crippen LogP contribution in [0.15, 0.2) is 54.7 Å². The quantitative estimate of drug-likeness (QED) is 0.482. The van der Waals surface area contributed by atoms with Crippen molar-refractivity contribution in [3.8, 4) is 0 Å². The van der Waals surface area contributed by atoms with Crippen LogP contribution >= 0.6 is 0 Å². The molecule has 1 unspecified atom stereocenters. The van der Waals surface area contributed by atoms with Crippen molar-refractivity contribution < 1.29 is 9.59 Å². The molecule has 0 saturated carbocycles. The molecule has 40 heavy (non-hydrogen) atoms. The van der Waals surface area contributed by atoms with Crippen LogP contribution in [0.2, 0.25) is 0 Å². The second kappa shape index (κ2) is 11.3. The smallest absolute Gasteiger partial charge is 0.318 e. The van der Waals surface area contributed by atoms with Gasteiger partial charge in [0, 0.05) is 38.8 Å². The third kappa shape index (κ3) is 5.99. The largest absolute Gasteiger partial charge is 0.338 e. The summed E-state index contributed by atoms with van der Waals surface area (Å²) < 4.78 is 1.78. The van der Waals surface area contributed by atoms with Crippen LogP contribution in [-0.2, 0) is 18.4 Å².